The number of aryl methyl sites for hydroxylation is 1. The zero-order chi connectivity index (χ0) is 15.0. The number of halogens is 2. The lowest BCUT2D eigenvalue weighted by atomic mass is 10.0. The summed E-state index contributed by atoms with van der Waals surface area (Å²) in [6.45, 7) is 2.17. The van der Waals surface area contributed by atoms with Crippen molar-refractivity contribution in [1.29, 1.82) is 0 Å². The minimum Gasteiger partial charge on any atom is -0.306 e. The van der Waals surface area contributed by atoms with Crippen molar-refractivity contribution in [2.75, 3.05) is 11.4 Å². The molecule has 3 rings (SSSR count). The number of rotatable bonds is 1. The van der Waals surface area contributed by atoms with Gasteiger partial charge in [-0.1, -0.05) is 0 Å². The van der Waals surface area contributed by atoms with E-state index in [0.29, 0.717) is 30.6 Å². The maximum absolute atomic E-state index is 13.8. The average molecular weight is 289 g/mol. The van der Waals surface area contributed by atoms with Gasteiger partial charge in [-0.2, -0.15) is 0 Å². The van der Waals surface area contributed by atoms with Crippen LogP contribution in [0.2, 0.25) is 0 Å². The molecule has 0 saturated carbocycles. The topological polar surface area (TPSA) is 46.1 Å². The number of hydrogen-bond acceptors (Lipinski definition) is 3. The third-order valence-electron chi connectivity index (χ3n) is 3.48. The van der Waals surface area contributed by atoms with Gasteiger partial charge in [0.15, 0.2) is 0 Å². The van der Waals surface area contributed by atoms with Crippen molar-refractivity contribution in [2.45, 2.75) is 19.8 Å². The second-order valence-electron chi connectivity index (χ2n) is 4.99. The molecule has 0 radical (unpaired) electrons. The van der Waals surface area contributed by atoms with E-state index >= 15 is 0 Å². The highest BCUT2D eigenvalue weighted by Gasteiger charge is 2.27. The number of anilines is 1. The lowest BCUT2D eigenvalue weighted by molar-refractivity contribution is 0.0980. The fourth-order valence-corrected chi connectivity index (χ4v) is 2.46. The van der Waals surface area contributed by atoms with Crippen molar-refractivity contribution in [1.82, 2.24) is 9.97 Å². The van der Waals surface area contributed by atoms with Crippen LogP contribution in [-0.4, -0.2) is 22.4 Å². The Morgan fingerprint density at radius 2 is 2.05 bits per heavy atom. The summed E-state index contributed by atoms with van der Waals surface area (Å²) in [5.41, 5.74) is 1.52. The molecule has 2 heterocycles. The fraction of sp³-hybridized carbons (Fsp3) is 0.267. The van der Waals surface area contributed by atoms with Crippen molar-refractivity contribution in [3.8, 4) is 0 Å². The van der Waals surface area contributed by atoms with Gasteiger partial charge in [-0.25, -0.2) is 13.8 Å². The van der Waals surface area contributed by atoms with Gasteiger partial charge in [-0.15, -0.1) is 0 Å². The molecule has 1 amide bonds. The Labute approximate surface area is 120 Å². The standard InChI is InChI=1S/C15H13F2N3O/c1-9-7-19-13(8-18-9)15(21)20-4-2-3-11-12(17)5-10(16)6-14(11)20/h5-8H,2-4H2,1H3. The highest BCUT2D eigenvalue weighted by Crippen LogP contribution is 2.31. The van der Waals surface area contributed by atoms with Crippen LogP contribution in [-0.2, 0) is 6.42 Å². The average Bonchev–Trinajstić information content (AvgIpc) is 2.46. The third-order valence-corrected chi connectivity index (χ3v) is 3.48. The van der Waals surface area contributed by atoms with Crippen molar-refractivity contribution >= 4 is 11.6 Å². The van der Waals surface area contributed by atoms with E-state index < -0.39 is 17.5 Å². The number of carbonyl (C=O) groups is 1. The summed E-state index contributed by atoms with van der Waals surface area (Å²) in [5.74, 6) is -1.70. The van der Waals surface area contributed by atoms with Crippen LogP contribution in [0.3, 0.4) is 0 Å². The van der Waals surface area contributed by atoms with Crippen LogP contribution in [0.5, 0.6) is 0 Å². The van der Waals surface area contributed by atoms with E-state index in [1.165, 1.54) is 23.4 Å². The van der Waals surface area contributed by atoms with E-state index in [-0.39, 0.29) is 11.4 Å². The first-order valence-corrected chi connectivity index (χ1v) is 6.64. The third kappa shape index (κ3) is 2.49. The maximum Gasteiger partial charge on any atom is 0.278 e. The van der Waals surface area contributed by atoms with Crippen LogP contribution in [0.25, 0.3) is 0 Å². The Morgan fingerprint density at radius 3 is 2.76 bits per heavy atom. The van der Waals surface area contributed by atoms with Gasteiger partial charge in [0.05, 0.1) is 17.6 Å². The van der Waals surface area contributed by atoms with Crippen LogP contribution in [0.4, 0.5) is 14.5 Å². The van der Waals surface area contributed by atoms with Crippen LogP contribution in [0.15, 0.2) is 24.5 Å². The second kappa shape index (κ2) is 5.20. The van der Waals surface area contributed by atoms with Crippen LogP contribution < -0.4 is 4.90 Å². The first-order valence-electron chi connectivity index (χ1n) is 6.64. The number of benzene rings is 1. The minimum absolute atomic E-state index is 0.165. The lowest BCUT2D eigenvalue weighted by Crippen LogP contribution is -2.36. The van der Waals surface area contributed by atoms with Gasteiger partial charge in [0.25, 0.3) is 5.91 Å². The monoisotopic (exact) mass is 289 g/mol. The molecule has 1 aromatic carbocycles. The first kappa shape index (κ1) is 13.6. The highest BCUT2D eigenvalue weighted by molar-refractivity contribution is 6.05. The van der Waals surface area contributed by atoms with Gasteiger partial charge < -0.3 is 4.90 Å². The molecule has 0 N–H and O–H groups in total. The van der Waals surface area contributed by atoms with Crippen LogP contribution >= 0.6 is 0 Å². The zero-order valence-corrected chi connectivity index (χ0v) is 11.4. The molecule has 0 bridgehead atoms. The van der Waals surface area contributed by atoms with Crippen molar-refractivity contribution in [3.63, 3.8) is 0 Å². The predicted molar refractivity (Wildman–Crippen MR) is 73.1 cm³/mol. The second-order valence-corrected chi connectivity index (χ2v) is 4.99. The number of amides is 1. The minimum atomic E-state index is -0.694. The molecule has 0 fully saturated rings. The Kier molecular flexibility index (Phi) is 3.37. The molecular weight excluding hydrogens is 276 g/mol. The number of nitrogens with zero attached hydrogens (tertiary/aromatic N) is 3. The van der Waals surface area contributed by atoms with Gasteiger partial charge >= 0.3 is 0 Å². The van der Waals surface area contributed by atoms with Gasteiger partial charge in [-0.3, -0.25) is 9.78 Å². The summed E-state index contributed by atoms with van der Waals surface area (Å²) in [5, 5.41) is 0. The van der Waals surface area contributed by atoms with E-state index in [1.54, 1.807) is 6.92 Å². The summed E-state index contributed by atoms with van der Waals surface area (Å²) < 4.78 is 27.3. The zero-order valence-electron chi connectivity index (χ0n) is 11.4. The Morgan fingerprint density at radius 1 is 1.24 bits per heavy atom. The number of hydrogen-bond donors (Lipinski definition) is 0. The van der Waals surface area contributed by atoms with Crippen molar-refractivity contribution in [3.05, 3.63) is 53.1 Å². The van der Waals surface area contributed by atoms with E-state index in [4.69, 9.17) is 0 Å². The van der Waals surface area contributed by atoms with Crippen molar-refractivity contribution < 1.29 is 13.6 Å². The van der Waals surface area contributed by atoms with E-state index in [1.807, 2.05) is 0 Å². The molecule has 0 aliphatic carbocycles. The Balaban J connectivity index is 2.02. The molecule has 0 unspecified atom stereocenters. The molecule has 21 heavy (non-hydrogen) atoms. The Hall–Kier alpha value is -2.37. The summed E-state index contributed by atoms with van der Waals surface area (Å²) in [6, 6.07) is 2.04. The molecule has 4 nitrogen and oxygen atoms in total. The van der Waals surface area contributed by atoms with Gasteiger partial charge in [0, 0.05) is 24.4 Å². The molecule has 6 heteroatoms. The summed E-state index contributed by atoms with van der Waals surface area (Å²) in [7, 11) is 0. The van der Waals surface area contributed by atoms with Crippen LogP contribution in [0, 0.1) is 18.6 Å². The predicted octanol–water partition coefficient (Wildman–Crippen LogP) is 2.66. The van der Waals surface area contributed by atoms with Crippen LogP contribution in [0.1, 0.15) is 28.2 Å². The Bertz CT molecular complexity index is 701. The summed E-state index contributed by atoms with van der Waals surface area (Å²) in [4.78, 5) is 21.9. The maximum atomic E-state index is 13.8. The molecule has 1 aromatic heterocycles. The molecule has 1 aliphatic rings. The quantitative estimate of drug-likeness (QED) is 0.811. The highest BCUT2D eigenvalue weighted by atomic mass is 19.1. The van der Waals surface area contributed by atoms with E-state index in [2.05, 4.69) is 9.97 Å². The normalized spacial score (nSPS) is 14.0. The van der Waals surface area contributed by atoms with Gasteiger partial charge in [0.2, 0.25) is 0 Å². The SMILES string of the molecule is Cc1cnc(C(=O)N2CCCc3c(F)cc(F)cc32)cn1. The molecule has 0 atom stereocenters. The summed E-state index contributed by atoms with van der Waals surface area (Å²) in [6.07, 6.45) is 3.98. The molecule has 108 valence electrons. The van der Waals surface area contributed by atoms with E-state index in [0.717, 1.165) is 6.07 Å². The first-order chi connectivity index (χ1) is 10.1. The van der Waals surface area contributed by atoms with Gasteiger partial charge in [-0.05, 0) is 25.8 Å². The fourth-order valence-electron chi connectivity index (χ4n) is 2.46. The number of carbonyl (C=O) groups excluding carboxylic acids is 1. The number of fused-ring (bicyclic) bond motifs is 1. The largest absolute Gasteiger partial charge is 0.306 e. The van der Waals surface area contributed by atoms with Crippen molar-refractivity contribution in [2.24, 2.45) is 0 Å². The smallest absolute Gasteiger partial charge is 0.278 e. The lowest BCUT2D eigenvalue weighted by Gasteiger charge is -2.29. The molecule has 2 aromatic rings. The summed E-state index contributed by atoms with van der Waals surface area (Å²) >= 11 is 0. The number of aromatic nitrogens is 2. The molecule has 0 spiro atoms. The van der Waals surface area contributed by atoms with E-state index in [9.17, 15) is 13.6 Å². The molecule has 0 saturated heterocycles. The molecule has 1 aliphatic heterocycles. The molecular formula is C15H13F2N3O. The van der Waals surface area contributed by atoms with Gasteiger partial charge in [0.1, 0.15) is 17.3 Å².